The van der Waals surface area contributed by atoms with E-state index in [0.29, 0.717) is 12.2 Å². The number of amides is 2. The molecule has 1 aromatic rings. The van der Waals surface area contributed by atoms with Crippen LogP contribution in [0.25, 0.3) is 0 Å². The lowest BCUT2D eigenvalue weighted by Crippen LogP contribution is -2.38. The van der Waals surface area contributed by atoms with Crippen LogP contribution in [0.4, 0.5) is 10.5 Å². The minimum Gasteiger partial charge on any atom is -0.379 e. The van der Waals surface area contributed by atoms with Crippen LogP contribution in [-0.4, -0.2) is 55.3 Å². The van der Waals surface area contributed by atoms with Gasteiger partial charge in [0, 0.05) is 25.8 Å². The summed E-state index contributed by atoms with van der Waals surface area (Å²) in [5, 5.41) is 5.57. The molecule has 1 fully saturated rings. The van der Waals surface area contributed by atoms with Gasteiger partial charge in [-0.15, -0.1) is 0 Å². The third kappa shape index (κ3) is 5.23. The first-order valence-corrected chi connectivity index (χ1v) is 6.59. The lowest BCUT2D eigenvalue weighted by molar-refractivity contribution is 0.0375. The predicted molar refractivity (Wildman–Crippen MR) is 73.1 cm³/mol. The molecule has 0 bridgehead atoms. The second kappa shape index (κ2) is 7.70. The summed E-state index contributed by atoms with van der Waals surface area (Å²) in [6, 6.07) is 3.41. The molecular formula is C13H20N4O2. The minimum absolute atomic E-state index is 0.185. The number of anilines is 1. The van der Waals surface area contributed by atoms with E-state index < -0.39 is 0 Å². The molecule has 1 aromatic heterocycles. The SMILES string of the molecule is O=C(NCCCN1CCOCC1)Nc1cccnc1. The van der Waals surface area contributed by atoms with Crippen LogP contribution in [0.3, 0.4) is 0 Å². The van der Waals surface area contributed by atoms with Crippen molar-refractivity contribution < 1.29 is 9.53 Å². The first-order chi connectivity index (χ1) is 9.34. The van der Waals surface area contributed by atoms with E-state index >= 15 is 0 Å². The molecule has 0 unspecified atom stereocenters. The summed E-state index contributed by atoms with van der Waals surface area (Å²) in [6.07, 6.45) is 4.24. The molecule has 1 saturated heterocycles. The second-order valence-electron chi connectivity index (χ2n) is 4.43. The molecular weight excluding hydrogens is 244 g/mol. The number of hydrogen-bond acceptors (Lipinski definition) is 4. The number of hydrogen-bond donors (Lipinski definition) is 2. The number of pyridine rings is 1. The van der Waals surface area contributed by atoms with Crippen molar-refractivity contribution in [1.29, 1.82) is 0 Å². The van der Waals surface area contributed by atoms with Gasteiger partial charge in [-0.25, -0.2) is 4.79 Å². The molecule has 0 aliphatic carbocycles. The molecule has 6 nitrogen and oxygen atoms in total. The van der Waals surface area contributed by atoms with Gasteiger partial charge in [-0.1, -0.05) is 0 Å². The molecule has 2 rings (SSSR count). The van der Waals surface area contributed by atoms with Crippen LogP contribution in [0.2, 0.25) is 0 Å². The predicted octanol–water partition coefficient (Wildman–Crippen LogP) is 0.925. The van der Waals surface area contributed by atoms with E-state index in [1.165, 1.54) is 0 Å². The van der Waals surface area contributed by atoms with Crippen LogP contribution in [0, 0.1) is 0 Å². The Morgan fingerprint density at radius 3 is 3.00 bits per heavy atom. The Bertz CT molecular complexity index is 379. The van der Waals surface area contributed by atoms with Crippen LogP contribution in [0.5, 0.6) is 0 Å². The monoisotopic (exact) mass is 264 g/mol. The number of nitrogens with one attached hydrogen (secondary N) is 2. The largest absolute Gasteiger partial charge is 0.379 e. The van der Waals surface area contributed by atoms with Crippen LogP contribution >= 0.6 is 0 Å². The second-order valence-corrected chi connectivity index (χ2v) is 4.43. The van der Waals surface area contributed by atoms with Gasteiger partial charge in [0.1, 0.15) is 0 Å². The maximum Gasteiger partial charge on any atom is 0.319 e. The van der Waals surface area contributed by atoms with Crippen molar-refractivity contribution in [2.45, 2.75) is 6.42 Å². The van der Waals surface area contributed by atoms with E-state index in [9.17, 15) is 4.79 Å². The summed E-state index contributed by atoms with van der Waals surface area (Å²) in [5.41, 5.74) is 0.702. The fourth-order valence-electron chi connectivity index (χ4n) is 1.94. The number of ether oxygens (including phenoxy) is 1. The zero-order valence-corrected chi connectivity index (χ0v) is 11.0. The highest BCUT2D eigenvalue weighted by molar-refractivity contribution is 5.88. The Balaban J connectivity index is 1.56. The van der Waals surface area contributed by atoms with Gasteiger partial charge >= 0.3 is 6.03 Å². The fraction of sp³-hybridized carbons (Fsp3) is 0.538. The fourth-order valence-corrected chi connectivity index (χ4v) is 1.94. The van der Waals surface area contributed by atoms with Crippen molar-refractivity contribution in [3.05, 3.63) is 24.5 Å². The molecule has 0 saturated carbocycles. The normalized spacial score (nSPS) is 16.0. The molecule has 2 N–H and O–H groups in total. The first-order valence-electron chi connectivity index (χ1n) is 6.59. The molecule has 1 aliphatic rings. The highest BCUT2D eigenvalue weighted by atomic mass is 16.5. The number of rotatable bonds is 5. The summed E-state index contributed by atoms with van der Waals surface area (Å²) >= 11 is 0. The van der Waals surface area contributed by atoms with Gasteiger partial charge in [-0.3, -0.25) is 9.88 Å². The van der Waals surface area contributed by atoms with Crippen molar-refractivity contribution >= 4 is 11.7 Å². The molecule has 0 spiro atoms. The van der Waals surface area contributed by atoms with Crippen LogP contribution < -0.4 is 10.6 Å². The number of carbonyl (C=O) groups is 1. The molecule has 0 aromatic carbocycles. The van der Waals surface area contributed by atoms with Crippen molar-refractivity contribution in [3.8, 4) is 0 Å². The smallest absolute Gasteiger partial charge is 0.319 e. The lowest BCUT2D eigenvalue weighted by atomic mass is 10.3. The maximum atomic E-state index is 11.6. The number of nitrogens with zero attached hydrogens (tertiary/aromatic N) is 2. The lowest BCUT2D eigenvalue weighted by Gasteiger charge is -2.26. The minimum atomic E-state index is -0.185. The third-order valence-corrected chi connectivity index (χ3v) is 2.96. The molecule has 0 atom stereocenters. The van der Waals surface area contributed by atoms with Crippen LogP contribution in [0.15, 0.2) is 24.5 Å². The molecule has 2 heterocycles. The summed E-state index contributed by atoms with van der Waals surface area (Å²) in [5.74, 6) is 0. The van der Waals surface area contributed by atoms with Gasteiger partial charge in [-0.05, 0) is 25.1 Å². The average Bonchev–Trinajstić information content (AvgIpc) is 2.46. The number of morpholine rings is 1. The molecule has 1 aliphatic heterocycles. The van der Waals surface area contributed by atoms with E-state index in [2.05, 4.69) is 20.5 Å². The summed E-state index contributed by atoms with van der Waals surface area (Å²) < 4.78 is 5.28. The van der Waals surface area contributed by atoms with Gasteiger partial charge in [0.2, 0.25) is 0 Å². The topological polar surface area (TPSA) is 66.5 Å². The van der Waals surface area contributed by atoms with Crippen molar-refractivity contribution in [3.63, 3.8) is 0 Å². The van der Waals surface area contributed by atoms with E-state index in [-0.39, 0.29) is 6.03 Å². The first kappa shape index (κ1) is 13.8. The summed E-state index contributed by atoms with van der Waals surface area (Å²) in [4.78, 5) is 17.9. The van der Waals surface area contributed by atoms with E-state index in [0.717, 1.165) is 39.3 Å². The highest BCUT2D eigenvalue weighted by Gasteiger charge is 2.09. The standard InChI is InChI=1S/C13H20N4O2/c18-13(16-12-3-1-4-14-11-12)15-5-2-6-17-7-9-19-10-8-17/h1,3-4,11H,2,5-10H2,(H2,15,16,18). The number of aromatic nitrogens is 1. The van der Waals surface area contributed by atoms with E-state index in [1.54, 1.807) is 24.5 Å². The molecule has 104 valence electrons. The Hall–Kier alpha value is -1.66. The Kier molecular flexibility index (Phi) is 5.58. The van der Waals surface area contributed by atoms with Crippen molar-refractivity contribution in [2.75, 3.05) is 44.7 Å². The van der Waals surface area contributed by atoms with Crippen molar-refractivity contribution in [1.82, 2.24) is 15.2 Å². The van der Waals surface area contributed by atoms with Gasteiger partial charge in [-0.2, -0.15) is 0 Å². The van der Waals surface area contributed by atoms with Gasteiger partial charge in [0.25, 0.3) is 0 Å². The Morgan fingerprint density at radius 2 is 2.26 bits per heavy atom. The Labute approximate surface area is 113 Å². The summed E-state index contributed by atoms with van der Waals surface area (Å²) in [6.45, 7) is 5.27. The zero-order valence-electron chi connectivity index (χ0n) is 11.0. The number of urea groups is 1. The van der Waals surface area contributed by atoms with Crippen molar-refractivity contribution in [2.24, 2.45) is 0 Å². The quantitative estimate of drug-likeness (QED) is 0.776. The third-order valence-electron chi connectivity index (χ3n) is 2.96. The van der Waals surface area contributed by atoms with Gasteiger partial charge < -0.3 is 15.4 Å². The summed E-state index contributed by atoms with van der Waals surface area (Å²) in [7, 11) is 0. The maximum absolute atomic E-state index is 11.6. The number of carbonyl (C=O) groups excluding carboxylic acids is 1. The van der Waals surface area contributed by atoms with Gasteiger partial charge in [0.15, 0.2) is 0 Å². The van der Waals surface area contributed by atoms with Crippen LogP contribution in [0.1, 0.15) is 6.42 Å². The van der Waals surface area contributed by atoms with Crippen LogP contribution in [-0.2, 0) is 4.74 Å². The average molecular weight is 264 g/mol. The van der Waals surface area contributed by atoms with E-state index in [1.807, 2.05) is 0 Å². The molecule has 19 heavy (non-hydrogen) atoms. The molecule has 0 radical (unpaired) electrons. The zero-order chi connectivity index (χ0) is 13.3. The van der Waals surface area contributed by atoms with E-state index in [4.69, 9.17) is 4.74 Å². The molecule has 6 heteroatoms. The Morgan fingerprint density at radius 1 is 1.42 bits per heavy atom. The van der Waals surface area contributed by atoms with Gasteiger partial charge in [0.05, 0.1) is 25.1 Å². The molecule has 2 amide bonds. The highest BCUT2D eigenvalue weighted by Crippen LogP contribution is 2.01.